The van der Waals surface area contributed by atoms with Crippen LogP contribution in [0.4, 0.5) is 0 Å². The first-order chi connectivity index (χ1) is 13.1. The number of carbonyl (C=O) groups excluding carboxylic acids is 1. The Kier molecular flexibility index (Phi) is 5.71. The summed E-state index contributed by atoms with van der Waals surface area (Å²) in [7, 11) is 3.07. The van der Waals surface area contributed by atoms with Crippen LogP contribution in [0.1, 0.15) is 23.0 Å². The van der Waals surface area contributed by atoms with Crippen LogP contribution in [-0.4, -0.2) is 34.5 Å². The number of carbonyl (C=O) groups is 1. The molecule has 0 atom stereocenters. The van der Waals surface area contributed by atoms with Gasteiger partial charge in [-0.15, -0.1) is 0 Å². The topological polar surface area (TPSA) is 75.5 Å². The predicted octanol–water partition coefficient (Wildman–Crippen LogP) is 3.25. The number of benzene rings is 1. The summed E-state index contributed by atoms with van der Waals surface area (Å²) in [5.41, 5.74) is 2.66. The number of pyridine rings is 1. The third kappa shape index (κ3) is 4.25. The van der Waals surface area contributed by atoms with Gasteiger partial charge in [0.15, 0.2) is 5.69 Å². The molecule has 0 amide bonds. The molecular formula is C20H21N3O4. The van der Waals surface area contributed by atoms with Crippen molar-refractivity contribution in [3.63, 3.8) is 0 Å². The van der Waals surface area contributed by atoms with Gasteiger partial charge in [-0.2, -0.15) is 5.10 Å². The number of nitrogens with zero attached hydrogens (tertiary/aromatic N) is 3. The van der Waals surface area contributed by atoms with Gasteiger partial charge in [-0.1, -0.05) is 30.3 Å². The Hall–Kier alpha value is -3.35. The molecule has 0 aliphatic heterocycles. The largest absolute Gasteiger partial charge is 0.488 e. The van der Waals surface area contributed by atoms with E-state index in [2.05, 4.69) is 10.1 Å². The van der Waals surface area contributed by atoms with Gasteiger partial charge in [0.2, 0.25) is 5.88 Å². The van der Waals surface area contributed by atoms with E-state index in [4.69, 9.17) is 14.2 Å². The molecule has 3 aromatic rings. The van der Waals surface area contributed by atoms with E-state index in [9.17, 15) is 4.79 Å². The second kappa shape index (κ2) is 8.35. The zero-order valence-electron chi connectivity index (χ0n) is 15.5. The van der Waals surface area contributed by atoms with Crippen molar-refractivity contribution in [3.05, 3.63) is 59.9 Å². The first kappa shape index (κ1) is 18.4. The highest BCUT2D eigenvalue weighted by Crippen LogP contribution is 2.33. The van der Waals surface area contributed by atoms with E-state index >= 15 is 0 Å². The molecule has 0 saturated carbocycles. The molecule has 0 bridgehead atoms. The SMILES string of the molecule is CCOc1cc(OCc2ccccc2)c(-c2cc(C(=O)OC)nn2C)cn1. The standard InChI is InChI=1S/C20H21N3O4/c1-4-26-19-11-18(27-13-14-8-6-5-7-9-14)15(12-21-19)17-10-16(20(24)25-3)22-23(17)2/h5-12H,4,13H2,1-3H3. The molecule has 2 aromatic heterocycles. The van der Waals surface area contributed by atoms with Crippen LogP contribution in [0.2, 0.25) is 0 Å². The van der Waals surface area contributed by atoms with Gasteiger partial charge >= 0.3 is 5.97 Å². The Morgan fingerprint density at radius 3 is 2.63 bits per heavy atom. The molecule has 3 rings (SSSR count). The molecule has 0 saturated heterocycles. The summed E-state index contributed by atoms with van der Waals surface area (Å²) in [6.07, 6.45) is 1.66. The maximum Gasteiger partial charge on any atom is 0.358 e. The van der Waals surface area contributed by atoms with Gasteiger partial charge in [-0.05, 0) is 18.6 Å². The van der Waals surface area contributed by atoms with Crippen LogP contribution in [0.15, 0.2) is 48.7 Å². The molecule has 1 aromatic carbocycles. The Bertz CT molecular complexity index is 922. The average molecular weight is 367 g/mol. The summed E-state index contributed by atoms with van der Waals surface area (Å²) in [5.74, 6) is 0.568. The zero-order chi connectivity index (χ0) is 19.2. The van der Waals surface area contributed by atoms with Crippen LogP contribution < -0.4 is 9.47 Å². The lowest BCUT2D eigenvalue weighted by atomic mass is 10.1. The number of aryl methyl sites for hydroxylation is 1. The van der Waals surface area contributed by atoms with E-state index in [-0.39, 0.29) is 5.69 Å². The number of esters is 1. The van der Waals surface area contributed by atoms with E-state index in [0.29, 0.717) is 36.1 Å². The van der Waals surface area contributed by atoms with E-state index in [1.54, 1.807) is 30.1 Å². The van der Waals surface area contributed by atoms with Crippen molar-refractivity contribution in [2.24, 2.45) is 7.05 Å². The van der Waals surface area contributed by atoms with E-state index < -0.39 is 5.97 Å². The maximum absolute atomic E-state index is 11.8. The van der Waals surface area contributed by atoms with Crippen molar-refractivity contribution in [3.8, 4) is 22.9 Å². The van der Waals surface area contributed by atoms with Gasteiger partial charge in [0.1, 0.15) is 12.4 Å². The van der Waals surface area contributed by atoms with Gasteiger partial charge < -0.3 is 14.2 Å². The second-order valence-electron chi connectivity index (χ2n) is 5.76. The minimum atomic E-state index is -0.498. The van der Waals surface area contributed by atoms with Crippen molar-refractivity contribution >= 4 is 5.97 Å². The molecule has 2 heterocycles. The lowest BCUT2D eigenvalue weighted by molar-refractivity contribution is 0.0593. The summed E-state index contributed by atoms with van der Waals surface area (Å²) in [4.78, 5) is 16.1. The van der Waals surface area contributed by atoms with Crippen LogP contribution in [0.3, 0.4) is 0 Å². The Balaban J connectivity index is 1.96. The Labute approximate surface area is 157 Å². The van der Waals surface area contributed by atoms with Crippen LogP contribution in [0, 0.1) is 0 Å². The van der Waals surface area contributed by atoms with Crippen LogP contribution in [-0.2, 0) is 18.4 Å². The minimum Gasteiger partial charge on any atom is -0.488 e. The Morgan fingerprint density at radius 2 is 1.93 bits per heavy atom. The summed E-state index contributed by atoms with van der Waals surface area (Å²) < 4.78 is 17.9. The number of hydrogen-bond donors (Lipinski definition) is 0. The lowest BCUT2D eigenvalue weighted by Crippen LogP contribution is -2.03. The molecule has 0 fully saturated rings. The molecule has 0 aliphatic carbocycles. The van der Waals surface area contributed by atoms with Crippen LogP contribution in [0.5, 0.6) is 11.6 Å². The zero-order valence-corrected chi connectivity index (χ0v) is 15.5. The Morgan fingerprint density at radius 1 is 1.15 bits per heavy atom. The summed E-state index contributed by atoms with van der Waals surface area (Å²) >= 11 is 0. The third-order valence-electron chi connectivity index (χ3n) is 3.92. The van der Waals surface area contributed by atoms with E-state index in [0.717, 1.165) is 5.56 Å². The number of aromatic nitrogens is 3. The van der Waals surface area contributed by atoms with Crippen molar-refractivity contribution in [2.75, 3.05) is 13.7 Å². The number of methoxy groups -OCH3 is 1. The van der Waals surface area contributed by atoms with E-state index in [1.807, 2.05) is 37.3 Å². The number of hydrogen-bond acceptors (Lipinski definition) is 6. The predicted molar refractivity (Wildman–Crippen MR) is 99.7 cm³/mol. The summed E-state index contributed by atoms with van der Waals surface area (Å²) in [6.45, 7) is 2.79. The quantitative estimate of drug-likeness (QED) is 0.597. The molecule has 0 radical (unpaired) electrons. The van der Waals surface area contributed by atoms with Crippen LogP contribution in [0.25, 0.3) is 11.3 Å². The molecule has 0 spiro atoms. The smallest absolute Gasteiger partial charge is 0.358 e. The van der Waals surface area contributed by atoms with Crippen molar-refractivity contribution in [1.82, 2.24) is 14.8 Å². The minimum absolute atomic E-state index is 0.220. The van der Waals surface area contributed by atoms with Crippen molar-refractivity contribution < 1.29 is 19.0 Å². The van der Waals surface area contributed by atoms with E-state index in [1.165, 1.54) is 7.11 Å². The molecule has 0 aliphatic rings. The first-order valence-electron chi connectivity index (χ1n) is 8.54. The summed E-state index contributed by atoms with van der Waals surface area (Å²) in [5, 5.41) is 4.20. The molecule has 7 nitrogen and oxygen atoms in total. The van der Waals surface area contributed by atoms with Gasteiger partial charge in [0.25, 0.3) is 0 Å². The number of rotatable bonds is 7. The highest BCUT2D eigenvalue weighted by molar-refractivity contribution is 5.89. The van der Waals surface area contributed by atoms with Crippen molar-refractivity contribution in [1.29, 1.82) is 0 Å². The van der Waals surface area contributed by atoms with Gasteiger partial charge in [0.05, 0.1) is 25.0 Å². The second-order valence-corrected chi connectivity index (χ2v) is 5.76. The first-order valence-corrected chi connectivity index (χ1v) is 8.54. The lowest BCUT2D eigenvalue weighted by Gasteiger charge is -2.13. The third-order valence-corrected chi connectivity index (χ3v) is 3.92. The fraction of sp³-hybridized carbons (Fsp3) is 0.250. The van der Waals surface area contributed by atoms with Gasteiger partial charge in [-0.3, -0.25) is 4.68 Å². The molecule has 27 heavy (non-hydrogen) atoms. The fourth-order valence-electron chi connectivity index (χ4n) is 2.62. The van der Waals surface area contributed by atoms with Gasteiger partial charge in [-0.25, -0.2) is 9.78 Å². The van der Waals surface area contributed by atoms with Crippen molar-refractivity contribution in [2.45, 2.75) is 13.5 Å². The highest BCUT2D eigenvalue weighted by atomic mass is 16.5. The molecule has 0 N–H and O–H groups in total. The highest BCUT2D eigenvalue weighted by Gasteiger charge is 2.18. The van der Waals surface area contributed by atoms with Crippen LogP contribution >= 0.6 is 0 Å². The molecule has 7 heteroatoms. The molecule has 0 unspecified atom stereocenters. The normalized spacial score (nSPS) is 10.5. The fourth-order valence-corrected chi connectivity index (χ4v) is 2.62. The average Bonchev–Trinajstić information content (AvgIpc) is 3.08. The summed E-state index contributed by atoms with van der Waals surface area (Å²) in [6, 6.07) is 13.3. The number of ether oxygens (including phenoxy) is 3. The molecule has 140 valence electrons. The maximum atomic E-state index is 11.8. The monoisotopic (exact) mass is 367 g/mol. The molecular weight excluding hydrogens is 346 g/mol. The van der Waals surface area contributed by atoms with Gasteiger partial charge in [0, 0.05) is 19.3 Å².